The molecule has 4 heteroatoms. The van der Waals surface area contributed by atoms with Crippen LogP contribution < -0.4 is 0 Å². The highest BCUT2D eigenvalue weighted by Crippen LogP contribution is 2.35. The lowest BCUT2D eigenvalue weighted by Gasteiger charge is -2.37. The number of aryl methyl sites for hydroxylation is 1. The molecule has 0 saturated carbocycles. The number of thiazole rings is 1. The number of nitrogens with zero attached hydrogens (tertiary/aromatic N) is 3. The van der Waals surface area contributed by atoms with Crippen molar-refractivity contribution in [2.45, 2.75) is 31.7 Å². The zero-order valence-electron chi connectivity index (χ0n) is 12.2. The fraction of sp³-hybridized carbons (Fsp3) is 0.412. The van der Waals surface area contributed by atoms with Crippen molar-refractivity contribution in [1.82, 2.24) is 9.88 Å². The Morgan fingerprint density at radius 3 is 2.57 bits per heavy atom. The number of hydrogen-bond donors (Lipinski definition) is 0. The van der Waals surface area contributed by atoms with E-state index in [-0.39, 0.29) is 5.41 Å². The molecule has 1 aliphatic rings. The highest BCUT2D eigenvalue weighted by atomic mass is 32.1. The third-order valence-electron chi connectivity index (χ3n) is 4.30. The quantitative estimate of drug-likeness (QED) is 0.870. The van der Waals surface area contributed by atoms with E-state index < -0.39 is 0 Å². The normalized spacial score (nSPS) is 18.3. The van der Waals surface area contributed by atoms with Crippen molar-refractivity contribution >= 4 is 11.3 Å². The summed E-state index contributed by atoms with van der Waals surface area (Å²) in [6, 6.07) is 12.8. The molecule has 3 rings (SSSR count). The van der Waals surface area contributed by atoms with Gasteiger partial charge in [0.25, 0.3) is 0 Å². The van der Waals surface area contributed by atoms with Gasteiger partial charge in [0.05, 0.1) is 22.2 Å². The predicted octanol–water partition coefficient (Wildman–Crippen LogP) is 3.51. The molecule has 0 aliphatic carbocycles. The van der Waals surface area contributed by atoms with Crippen LogP contribution in [0.5, 0.6) is 0 Å². The van der Waals surface area contributed by atoms with Crippen LogP contribution in [0.1, 0.15) is 29.1 Å². The van der Waals surface area contributed by atoms with Gasteiger partial charge in [-0.15, -0.1) is 11.3 Å². The minimum absolute atomic E-state index is 0.310. The summed E-state index contributed by atoms with van der Waals surface area (Å²) in [5.41, 5.74) is 2.01. The van der Waals surface area contributed by atoms with E-state index in [0.29, 0.717) is 0 Å². The zero-order valence-corrected chi connectivity index (χ0v) is 13.1. The molecular weight excluding hydrogens is 278 g/mol. The van der Waals surface area contributed by atoms with Crippen molar-refractivity contribution in [3.63, 3.8) is 0 Å². The molecule has 0 bridgehead atoms. The fourth-order valence-corrected chi connectivity index (χ4v) is 3.63. The predicted molar refractivity (Wildman–Crippen MR) is 85.1 cm³/mol. The van der Waals surface area contributed by atoms with Gasteiger partial charge >= 0.3 is 0 Å². The molecule has 1 aliphatic heterocycles. The molecule has 0 amide bonds. The molecule has 2 aromatic rings. The monoisotopic (exact) mass is 297 g/mol. The van der Waals surface area contributed by atoms with E-state index in [4.69, 9.17) is 0 Å². The molecule has 108 valence electrons. The first-order chi connectivity index (χ1) is 10.2. The van der Waals surface area contributed by atoms with Gasteiger partial charge in [-0.2, -0.15) is 5.26 Å². The van der Waals surface area contributed by atoms with Gasteiger partial charge < -0.3 is 0 Å². The first-order valence-electron chi connectivity index (χ1n) is 7.32. The fourth-order valence-electron chi connectivity index (χ4n) is 3.03. The number of hydrogen-bond acceptors (Lipinski definition) is 4. The molecule has 21 heavy (non-hydrogen) atoms. The van der Waals surface area contributed by atoms with Gasteiger partial charge in [-0.3, -0.25) is 4.90 Å². The summed E-state index contributed by atoms with van der Waals surface area (Å²) in [5.74, 6) is 0. The Labute approximate surface area is 129 Å². The van der Waals surface area contributed by atoms with E-state index in [2.05, 4.69) is 33.5 Å². The summed E-state index contributed by atoms with van der Waals surface area (Å²) in [4.78, 5) is 6.94. The first kappa shape index (κ1) is 14.2. The molecule has 1 aromatic carbocycles. The standard InChI is InChI=1S/C17H19N3S/c1-14-19-16(12-21-14)11-20-9-7-17(13-18,8-10-20)15-5-3-2-4-6-15/h2-6,12H,7-11H2,1H3. The maximum Gasteiger partial charge on any atom is 0.0897 e. The van der Waals surface area contributed by atoms with Crippen LogP contribution in [0.3, 0.4) is 0 Å². The van der Waals surface area contributed by atoms with E-state index >= 15 is 0 Å². The number of benzene rings is 1. The van der Waals surface area contributed by atoms with Gasteiger partial charge in [0.1, 0.15) is 0 Å². The lowest BCUT2D eigenvalue weighted by Crippen LogP contribution is -2.41. The largest absolute Gasteiger partial charge is 0.297 e. The highest BCUT2D eigenvalue weighted by Gasteiger charge is 2.36. The maximum absolute atomic E-state index is 9.70. The molecule has 2 heterocycles. The molecule has 0 unspecified atom stereocenters. The van der Waals surface area contributed by atoms with Gasteiger partial charge in [-0.1, -0.05) is 30.3 Å². The van der Waals surface area contributed by atoms with Gasteiger partial charge in [0.2, 0.25) is 0 Å². The Morgan fingerprint density at radius 2 is 2.00 bits per heavy atom. The van der Waals surface area contributed by atoms with Crippen LogP contribution in [0, 0.1) is 18.3 Å². The Balaban J connectivity index is 1.68. The van der Waals surface area contributed by atoms with Crippen LogP contribution in [0.2, 0.25) is 0 Å². The molecule has 0 radical (unpaired) electrons. The minimum Gasteiger partial charge on any atom is -0.297 e. The number of aromatic nitrogens is 1. The topological polar surface area (TPSA) is 39.9 Å². The van der Waals surface area contributed by atoms with E-state index in [0.717, 1.165) is 48.7 Å². The van der Waals surface area contributed by atoms with E-state index in [1.54, 1.807) is 11.3 Å². The van der Waals surface area contributed by atoms with E-state index in [9.17, 15) is 5.26 Å². The van der Waals surface area contributed by atoms with Crippen LogP contribution in [-0.4, -0.2) is 23.0 Å². The molecule has 1 saturated heterocycles. The summed E-state index contributed by atoms with van der Waals surface area (Å²) in [7, 11) is 0. The van der Waals surface area contributed by atoms with Crippen molar-refractivity contribution in [2.24, 2.45) is 0 Å². The SMILES string of the molecule is Cc1nc(CN2CCC(C#N)(c3ccccc3)CC2)cs1. The van der Waals surface area contributed by atoms with Crippen LogP contribution in [0.4, 0.5) is 0 Å². The van der Waals surface area contributed by atoms with Crippen LogP contribution in [0.15, 0.2) is 35.7 Å². The Hall–Kier alpha value is -1.70. The molecule has 3 nitrogen and oxygen atoms in total. The second-order valence-electron chi connectivity index (χ2n) is 5.69. The summed E-state index contributed by atoms with van der Waals surface area (Å²) in [6.45, 7) is 4.86. The molecule has 1 aromatic heterocycles. The minimum atomic E-state index is -0.310. The molecule has 0 atom stereocenters. The molecule has 1 fully saturated rings. The number of nitriles is 1. The van der Waals surface area contributed by atoms with Gasteiger partial charge in [0.15, 0.2) is 0 Å². The van der Waals surface area contributed by atoms with Crippen LogP contribution >= 0.6 is 11.3 Å². The second kappa shape index (κ2) is 5.97. The summed E-state index contributed by atoms with van der Waals surface area (Å²) in [5, 5.41) is 13.0. The Kier molecular flexibility index (Phi) is 4.05. The smallest absolute Gasteiger partial charge is 0.0897 e. The third-order valence-corrected chi connectivity index (χ3v) is 5.12. The second-order valence-corrected chi connectivity index (χ2v) is 6.76. The Morgan fingerprint density at radius 1 is 1.29 bits per heavy atom. The zero-order chi connectivity index (χ0) is 14.7. The lowest BCUT2D eigenvalue weighted by molar-refractivity contribution is 0.177. The molecular formula is C17H19N3S. The number of rotatable bonds is 3. The molecule has 0 spiro atoms. The summed E-state index contributed by atoms with van der Waals surface area (Å²) >= 11 is 1.70. The average molecular weight is 297 g/mol. The van der Waals surface area contributed by atoms with Crippen molar-refractivity contribution < 1.29 is 0 Å². The van der Waals surface area contributed by atoms with Gasteiger partial charge in [0, 0.05) is 25.0 Å². The van der Waals surface area contributed by atoms with E-state index in [1.807, 2.05) is 25.1 Å². The Bertz CT molecular complexity index is 634. The van der Waals surface area contributed by atoms with Crippen molar-refractivity contribution in [3.8, 4) is 6.07 Å². The van der Waals surface area contributed by atoms with Crippen LogP contribution in [0.25, 0.3) is 0 Å². The summed E-state index contributed by atoms with van der Waals surface area (Å²) < 4.78 is 0. The highest BCUT2D eigenvalue weighted by molar-refractivity contribution is 7.09. The first-order valence-corrected chi connectivity index (χ1v) is 8.20. The van der Waals surface area contributed by atoms with Crippen molar-refractivity contribution in [1.29, 1.82) is 5.26 Å². The van der Waals surface area contributed by atoms with Crippen molar-refractivity contribution in [3.05, 3.63) is 52.0 Å². The van der Waals surface area contributed by atoms with Crippen molar-refractivity contribution in [2.75, 3.05) is 13.1 Å². The average Bonchev–Trinajstić information content (AvgIpc) is 2.94. The number of likely N-dealkylation sites (tertiary alicyclic amines) is 1. The number of piperidine rings is 1. The third kappa shape index (κ3) is 2.99. The molecule has 0 N–H and O–H groups in total. The lowest BCUT2D eigenvalue weighted by atomic mass is 9.74. The van der Waals surface area contributed by atoms with Gasteiger partial charge in [-0.05, 0) is 25.3 Å². The van der Waals surface area contributed by atoms with E-state index in [1.165, 1.54) is 0 Å². The maximum atomic E-state index is 9.70. The van der Waals surface area contributed by atoms with Gasteiger partial charge in [-0.25, -0.2) is 4.98 Å². The summed E-state index contributed by atoms with van der Waals surface area (Å²) in [6.07, 6.45) is 1.80. The van der Waals surface area contributed by atoms with Crippen LogP contribution in [-0.2, 0) is 12.0 Å².